The number of amides is 3. The number of nitrogens with one attached hydrogen (secondary N) is 1. The topological polar surface area (TPSA) is 154 Å². The molecule has 2 aromatic rings. The molecule has 41 heavy (non-hydrogen) atoms. The number of likely N-dealkylation sites (N-methyl/N-ethyl adjacent to an activating group) is 2. The maximum absolute atomic E-state index is 12.5. The molecule has 1 N–H and O–H groups in total. The Balaban J connectivity index is 1.32. The molecule has 12 heteroatoms. The fourth-order valence-corrected chi connectivity index (χ4v) is 4.55. The number of carbonyl (C=O) groups is 4. The van der Waals surface area contributed by atoms with E-state index in [-0.39, 0.29) is 82.5 Å². The van der Waals surface area contributed by atoms with Crippen molar-refractivity contribution in [2.24, 2.45) is 5.11 Å². The Kier molecular flexibility index (Phi) is 12.1. The molecule has 3 amide bonds. The first-order valence-electron chi connectivity index (χ1n) is 13.5. The van der Waals surface area contributed by atoms with Gasteiger partial charge in [-0.2, -0.15) is 0 Å². The molecular weight excluding hydrogens is 528 g/mol. The fraction of sp³-hybridized carbons (Fsp3) is 0.448. The average Bonchev–Trinajstić information content (AvgIpc) is 3.29. The first kappa shape index (κ1) is 31.1. The van der Waals surface area contributed by atoms with E-state index in [0.29, 0.717) is 6.42 Å². The van der Waals surface area contributed by atoms with E-state index in [4.69, 9.17) is 15.0 Å². The zero-order chi connectivity index (χ0) is 29.6. The normalized spacial score (nSPS) is 11.6. The van der Waals surface area contributed by atoms with Gasteiger partial charge < -0.3 is 24.6 Å². The summed E-state index contributed by atoms with van der Waals surface area (Å²) in [5, 5.41) is 5.96. The van der Waals surface area contributed by atoms with Crippen LogP contribution in [0.2, 0.25) is 0 Å². The summed E-state index contributed by atoms with van der Waals surface area (Å²) in [6, 6.07) is 16.2. The van der Waals surface area contributed by atoms with Crippen molar-refractivity contribution in [1.82, 2.24) is 15.1 Å². The standard InChI is InChI=1S/C29H36N6O6/c1-34(18-26(36)31-14-16-40-17-15-32-33-30)28(38)19-35(2)27(37)12-7-13-29(39)41-20-25-23-10-5-3-8-21(23)22-9-4-6-11-24(22)25/h3-6,8-11,25H,7,12-20H2,1-2H3,(H,31,36). The Bertz CT molecular complexity index is 1230. The number of nitrogens with zero attached hydrogens (tertiary/aromatic N) is 5. The summed E-state index contributed by atoms with van der Waals surface area (Å²) in [6.45, 7) is 0.849. The van der Waals surface area contributed by atoms with Crippen molar-refractivity contribution >= 4 is 23.7 Å². The van der Waals surface area contributed by atoms with Crippen molar-refractivity contribution in [2.75, 3.05) is 60.1 Å². The van der Waals surface area contributed by atoms with Crippen LogP contribution in [0.25, 0.3) is 21.6 Å². The predicted molar refractivity (Wildman–Crippen MR) is 152 cm³/mol. The van der Waals surface area contributed by atoms with Gasteiger partial charge in [-0.05, 0) is 34.2 Å². The molecule has 0 heterocycles. The Morgan fingerprint density at radius 2 is 1.54 bits per heavy atom. The van der Waals surface area contributed by atoms with Gasteiger partial charge in [-0.3, -0.25) is 19.2 Å². The molecule has 2 aromatic carbocycles. The van der Waals surface area contributed by atoms with Crippen LogP contribution in [0.3, 0.4) is 0 Å². The van der Waals surface area contributed by atoms with E-state index in [2.05, 4.69) is 39.6 Å². The molecule has 0 saturated carbocycles. The quantitative estimate of drug-likeness (QED) is 0.109. The number of benzene rings is 2. The van der Waals surface area contributed by atoms with Crippen molar-refractivity contribution in [2.45, 2.75) is 25.2 Å². The van der Waals surface area contributed by atoms with Gasteiger partial charge in [0.1, 0.15) is 6.61 Å². The SMILES string of the molecule is CN(CC(=O)NCCOCCN=[N+]=[N-])C(=O)CN(C)C(=O)CCCC(=O)OCC1c2ccccc2-c2ccccc21. The van der Waals surface area contributed by atoms with Gasteiger partial charge >= 0.3 is 5.97 Å². The van der Waals surface area contributed by atoms with Gasteiger partial charge in [-0.15, -0.1) is 0 Å². The lowest BCUT2D eigenvalue weighted by molar-refractivity contribution is -0.144. The summed E-state index contributed by atoms with van der Waals surface area (Å²) < 4.78 is 10.8. The van der Waals surface area contributed by atoms with Crippen molar-refractivity contribution in [3.05, 3.63) is 70.1 Å². The number of hydrogen-bond donors (Lipinski definition) is 1. The van der Waals surface area contributed by atoms with Crippen LogP contribution in [0.1, 0.15) is 36.3 Å². The Hall–Kier alpha value is -4.41. The van der Waals surface area contributed by atoms with Crippen LogP contribution >= 0.6 is 0 Å². The molecule has 0 bridgehead atoms. The van der Waals surface area contributed by atoms with E-state index >= 15 is 0 Å². The minimum atomic E-state index is -0.391. The number of carbonyl (C=O) groups excluding carboxylic acids is 4. The summed E-state index contributed by atoms with van der Waals surface area (Å²) in [7, 11) is 2.99. The van der Waals surface area contributed by atoms with Crippen LogP contribution in [0.4, 0.5) is 0 Å². The van der Waals surface area contributed by atoms with Crippen LogP contribution in [0, 0.1) is 0 Å². The zero-order valence-electron chi connectivity index (χ0n) is 23.5. The molecule has 12 nitrogen and oxygen atoms in total. The molecule has 0 aromatic heterocycles. The summed E-state index contributed by atoms with van der Waals surface area (Å²) in [6.07, 6.45) is 0.494. The minimum Gasteiger partial charge on any atom is -0.465 e. The number of hydrogen-bond acceptors (Lipinski definition) is 7. The smallest absolute Gasteiger partial charge is 0.305 e. The van der Waals surface area contributed by atoms with Crippen LogP contribution in [0.5, 0.6) is 0 Å². The molecule has 0 unspecified atom stereocenters. The molecule has 0 spiro atoms. The van der Waals surface area contributed by atoms with Crippen LogP contribution in [-0.2, 0) is 28.7 Å². The molecule has 0 radical (unpaired) electrons. The van der Waals surface area contributed by atoms with Crippen molar-refractivity contribution in [3.63, 3.8) is 0 Å². The highest BCUT2D eigenvalue weighted by atomic mass is 16.5. The van der Waals surface area contributed by atoms with E-state index in [0.717, 1.165) is 22.3 Å². The second-order valence-corrected chi connectivity index (χ2v) is 9.68. The van der Waals surface area contributed by atoms with Gasteiger partial charge in [-0.1, -0.05) is 53.6 Å². The van der Waals surface area contributed by atoms with Crippen molar-refractivity contribution in [3.8, 4) is 11.1 Å². The number of esters is 1. The highest BCUT2D eigenvalue weighted by Crippen LogP contribution is 2.44. The third kappa shape index (κ3) is 9.33. The van der Waals surface area contributed by atoms with E-state index < -0.39 is 5.91 Å². The van der Waals surface area contributed by atoms with Gasteiger partial charge in [0.2, 0.25) is 17.7 Å². The maximum Gasteiger partial charge on any atom is 0.305 e. The minimum absolute atomic E-state index is 0.0205. The van der Waals surface area contributed by atoms with Gasteiger partial charge in [0.25, 0.3) is 0 Å². The molecule has 0 saturated heterocycles. The molecule has 0 fully saturated rings. The van der Waals surface area contributed by atoms with E-state index in [1.165, 1.54) is 23.9 Å². The lowest BCUT2D eigenvalue weighted by Crippen LogP contribution is -2.44. The first-order chi connectivity index (χ1) is 19.8. The number of ether oxygens (including phenoxy) is 2. The van der Waals surface area contributed by atoms with Crippen LogP contribution in [0.15, 0.2) is 53.6 Å². The summed E-state index contributed by atoms with van der Waals surface area (Å²) in [4.78, 5) is 54.5. The summed E-state index contributed by atoms with van der Waals surface area (Å²) in [5.74, 6) is -1.42. The fourth-order valence-electron chi connectivity index (χ4n) is 4.55. The van der Waals surface area contributed by atoms with Crippen LogP contribution in [-0.4, -0.2) is 93.6 Å². The van der Waals surface area contributed by atoms with E-state index in [9.17, 15) is 19.2 Å². The summed E-state index contributed by atoms with van der Waals surface area (Å²) in [5.41, 5.74) is 12.8. The van der Waals surface area contributed by atoms with Gasteiger partial charge in [-0.25, -0.2) is 0 Å². The predicted octanol–water partition coefficient (Wildman–Crippen LogP) is 2.87. The zero-order valence-corrected chi connectivity index (χ0v) is 23.5. The summed E-state index contributed by atoms with van der Waals surface area (Å²) >= 11 is 0. The molecular formula is C29H36N6O6. The first-order valence-corrected chi connectivity index (χ1v) is 13.5. The third-order valence-electron chi connectivity index (χ3n) is 6.72. The third-order valence-corrected chi connectivity index (χ3v) is 6.72. The van der Waals surface area contributed by atoms with Gasteiger partial charge in [0.05, 0.1) is 26.3 Å². The molecule has 0 aliphatic heterocycles. The highest BCUT2D eigenvalue weighted by molar-refractivity contribution is 5.88. The van der Waals surface area contributed by atoms with Crippen molar-refractivity contribution < 1.29 is 28.7 Å². The van der Waals surface area contributed by atoms with Gasteiger partial charge in [0.15, 0.2) is 0 Å². The average molecular weight is 565 g/mol. The maximum atomic E-state index is 12.5. The monoisotopic (exact) mass is 564 g/mol. The highest BCUT2D eigenvalue weighted by Gasteiger charge is 2.29. The lowest BCUT2D eigenvalue weighted by Gasteiger charge is -2.22. The second kappa shape index (κ2) is 16.0. The van der Waals surface area contributed by atoms with Crippen LogP contribution < -0.4 is 5.32 Å². The Morgan fingerprint density at radius 3 is 2.20 bits per heavy atom. The Morgan fingerprint density at radius 1 is 0.902 bits per heavy atom. The van der Waals surface area contributed by atoms with E-state index in [1.807, 2.05) is 24.3 Å². The molecule has 3 rings (SSSR count). The Labute approximate surface area is 239 Å². The van der Waals surface area contributed by atoms with E-state index in [1.54, 1.807) is 0 Å². The number of fused-ring (bicyclic) bond motifs is 3. The second-order valence-electron chi connectivity index (χ2n) is 9.68. The molecule has 0 atom stereocenters. The largest absolute Gasteiger partial charge is 0.465 e. The number of rotatable bonds is 16. The molecule has 1 aliphatic rings. The molecule has 1 aliphatic carbocycles. The van der Waals surface area contributed by atoms with Crippen molar-refractivity contribution in [1.29, 1.82) is 0 Å². The number of azide groups is 1. The lowest BCUT2D eigenvalue weighted by atomic mass is 9.98. The molecule has 218 valence electrons. The van der Waals surface area contributed by atoms with Gasteiger partial charge in [0, 0.05) is 50.9 Å².